The van der Waals surface area contributed by atoms with E-state index in [0.29, 0.717) is 0 Å². The number of aliphatic hydroxyl groups is 1. The van der Waals surface area contributed by atoms with Crippen molar-refractivity contribution < 1.29 is 32.6 Å². The molecule has 0 aliphatic carbocycles. The molecule has 84 valence electrons. The lowest BCUT2D eigenvalue weighted by atomic mass is 10.0. The molecular weight excluding hydrogens is 217 g/mol. The number of carboxylic acid groups (broad SMARTS) is 1. The zero-order valence-corrected chi connectivity index (χ0v) is 7.50. The molecule has 0 bridgehead atoms. The molecule has 0 saturated heterocycles. The number of alkyl halides is 3. The van der Waals surface area contributed by atoms with Crippen LogP contribution in [0.2, 0.25) is 0 Å². The second kappa shape index (κ2) is 3.27. The minimum atomic E-state index is -5.34. The minimum absolute atomic E-state index is 0.0777. The van der Waals surface area contributed by atoms with Crippen LogP contribution in [-0.2, 0) is 10.4 Å². The SMILES string of the molecule is Cc1ccc([C@@](O)(C(=O)O)C(F)(F)F)o1. The van der Waals surface area contributed by atoms with Crippen molar-refractivity contribution in [3.8, 4) is 0 Å². The van der Waals surface area contributed by atoms with Crippen LogP contribution in [0.5, 0.6) is 0 Å². The molecule has 0 unspecified atom stereocenters. The van der Waals surface area contributed by atoms with Gasteiger partial charge in [0, 0.05) is 0 Å². The predicted molar refractivity (Wildman–Crippen MR) is 41.0 cm³/mol. The van der Waals surface area contributed by atoms with Gasteiger partial charge in [0.15, 0.2) is 5.76 Å². The summed E-state index contributed by atoms with van der Waals surface area (Å²) in [6.07, 6.45) is -5.34. The molecule has 0 saturated carbocycles. The van der Waals surface area contributed by atoms with Crippen LogP contribution < -0.4 is 0 Å². The van der Waals surface area contributed by atoms with E-state index in [1.807, 2.05) is 0 Å². The molecule has 1 aromatic rings. The molecule has 2 N–H and O–H groups in total. The maximum absolute atomic E-state index is 12.4. The quantitative estimate of drug-likeness (QED) is 0.796. The van der Waals surface area contributed by atoms with Gasteiger partial charge in [0.25, 0.3) is 0 Å². The molecule has 1 aromatic heterocycles. The molecule has 15 heavy (non-hydrogen) atoms. The topological polar surface area (TPSA) is 70.7 Å². The predicted octanol–water partition coefficient (Wildman–Crippen LogP) is 1.42. The van der Waals surface area contributed by atoms with Crippen LogP contribution in [-0.4, -0.2) is 22.4 Å². The first kappa shape index (κ1) is 11.6. The standard InChI is InChI=1S/C8H7F3O4/c1-4-2-3-5(15-4)7(14,6(12)13)8(9,10)11/h2-3,14H,1H3,(H,12,13)/t7-/m1/s1. The van der Waals surface area contributed by atoms with E-state index in [0.717, 1.165) is 12.1 Å². The number of aryl methyl sites for hydroxylation is 1. The van der Waals surface area contributed by atoms with Crippen LogP contribution in [0.3, 0.4) is 0 Å². The van der Waals surface area contributed by atoms with Crippen LogP contribution in [0.15, 0.2) is 16.5 Å². The Morgan fingerprint density at radius 1 is 1.40 bits per heavy atom. The van der Waals surface area contributed by atoms with Gasteiger partial charge in [-0.1, -0.05) is 0 Å². The van der Waals surface area contributed by atoms with Crippen molar-refractivity contribution in [2.45, 2.75) is 18.7 Å². The average molecular weight is 224 g/mol. The fraction of sp³-hybridized carbons (Fsp3) is 0.375. The van der Waals surface area contributed by atoms with Crippen LogP contribution in [0.4, 0.5) is 13.2 Å². The third-order valence-electron chi connectivity index (χ3n) is 1.82. The molecule has 0 radical (unpaired) electrons. The van der Waals surface area contributed by atoms with Gasteiger partial charge in [-0.2, -0.15) is 13.2 Å². The van der Waals surface area contributed by atoms with Crippen molar-refractivity contribution in [3.63, 3.8) is 0 Å². The Hall–Kier alpha value is -1.50. The monoisotopic (exact) mass is 224 g/mol. The summed E-state index contributed by atoms with van der Waals surface area (Å²) in [6.45, 7) is 1.34. The summed E-state index contributed by atoms with van der Waals surface area (Å²) in [5, 5.41) is 17.5. The third kappa shape index (κ3) is 1.70. The van der Waals surface area contributed by atoms with Crippen LogP contribution in [0.1, 0.15) is 11.5 Å². The van der Waals surface area contributed by atoms with Gasteiger partial charge in [0.05, 0.1) is 0 Å². The summed E-state index contributed by atoms with van der Waals surface area (Å²) in [5.74, 6) is -3.40. The van der Waals surface area contributed by atoms with E-state index in [4.69, 9.17) is 10.2 Å². The van der Waals surface area contributed by atoms with Crippen molar-refractivity contribution >= 4 is 5.97 Å². The molecule has 1 rings (SSSR count). The molecule has 0 aliphatic heterocycles. The van der Waals surface area contributed by atoms with Gasteiger partial charge >= 0.3 is 17.7 Å². The molecule has 4 nitrogen and oxygen atoms in total. The molecule has 7 heteroatoms. The van der Waals surface area contributed by atoms with Gasteiger partial charge in [-0.05, 0) is 19.1 Å². The Balaban J connectivity index is 3.31. The highest BCUT2D eigenvalue weighted by Gasteiger charge is 2.63. The van der Waals surface area contributed by atoms with Gasteiger partial charge in [-0.15, -0.1) is 0 Å². The van der Waals surface area contributed by atoms with Gasteiger partial charge in [-0.3, -0.25) is 0 Å². The Labute approximate surface area is 81.9 Å². The molecule has 1 atom stereocenters. The fourth-order valence-corrected chi connectivity index (χ4v) is 0.995. The van der Waals surface area contributed by atoms with Crippen molar-refractivity contribution in [1.29, 1.82) is 0 Å². The number of carbonyl (C=O) groups is 1. The molecule has 0 fully saturated rings. The van der Waals surface area contributed by atoms with Crippen molar-refractivity contribution in [2.75, 3.05) is 0 Å². The van der Waals surface area contributed by atoms with E-state index in [2.05, 4.69) is 4.42 Å². The number of hydrogen-bond acceptors (Lipinski definition) is 3. The first-order valence-corrected chi connectivity index (χ1v) is 3.79. The Bertz CT molecular complexity index is 381. The molecule has 0 amide bonds. The lowest BCUT2D eigenvalue weighted by Crippen LogP contribution is -2.48. The van der Waals surface area contributed by atoms with Crippen molar-refractivity contribution in [2.24, 2.45) is 0 Å². The summed E-state index contributed by atoms with van der Waals surface area (Å²) in [6, 6.07) is 1.91. The van der Waals surface area contributed by atoms with Gasteiger partial charge in [0.2, 0.25) is 0 Å². The summed E-state index contributed by atoms with van der Waals surface area (Å²) >= 11 is 0. The highest BCUT2D eigenvalue weighted by atomic mass is 19.4. The van der Waals surface area contributed by atoms with Crippen molar-refractivity contribution in [3.05, 3.63) is 23.7 Å². The zero-order valence-electron chi connectivity index (χ0n) is 7.50. The van der Waals surface area contributed by atoms with E-state index >= 15 is 0 Å². The minimum Gasteiger partial charge on any atom is -0.478 e. The molecule has 0 spiro atoms. The van der Waals surface area contributed by atoms with Gasteiger partial charge < -0.3 is 14.6 Å². The van der Waals surface area contributed by atoms with E-state index < -0.39 is 23.5 Å². The van der Waals surface area contributed by atoms with E-state index in [9.17, 15) is 18.0 Å². The Kier molecular flexibility index (Phi) is 2.52. The van der Waals surface area contributed by atoms with E-state index in [1.54, 1.807) is 0 Å². The maximum atomic E-state index is 12.4. The van der Waals surface area contributed by atoms with Crippen LogP contribution in [0.25, 0.3) is 0 Å². The van der Waals surface area contributed by atoms with Crippen LogP contribution >= 0.6 is 0 Å². The molecule has 0 aliphatic rings. The lowest BCUT2D eigenvalue weighted by Gasteiger charge is -2.23. The van der Waals surface area contributed by atoms with E-state index in [-0.39, 0.29) is 5.76 Å². The molecule has 0 aromatic carbocycles. The third-order valence-corrected chi connectivity index (χ3v) is 1.82. The lowest BCUT2D eigenvalue weighted by molar-refractivity contribution is -0.270. The second-order valence-corrected chi connectivity index (χ2v) is 2.92. The first-order chi connectivity index (χ1) is 6.69. The maximum Gasteiger partial charge on any atom is 0.435 e. The van der Waals surface area contributed by atoms with Gasteiger partial charge in [0.1, 0.15) is 5.76 Å². The highest BCUT2D eigenvalue weighted by molar-refractivity contribution is 5.79. The Morgan fingerprint density at radius 2 is 1.93 bits per heavy atom. The van der Waals surface area contributed by atoms with Gasteiger partial charge in [-0.25, -0.2) is 4.79 Å². The second-order valence-electron chi connectivity index (χ2n) is 2.92. The average Bonchev–Trinajstić information content (AvgIpc) is 2.48. The zero-order chi connectivity index (χ0) is 11.9. The number of carboxylic acids is 1. The van der Waals surface area contributed by atoms with Crippen LogP contribution in [0, 0.1) is 6.92 Å². The normalized spacial score (nSPS) is 16.1. The van der Waals surface area contributed by atoms with Crippen molar-refractivity contribution in [1.82, 2.24) is 0 Å². The first-order valence-electron chi connectivity index (χ1n) is 3.79. The highest BCUT2D eigenvalue weighted by Crippen LogP contribution is 2.39. The summed E-state index contributed by atoms with van der Waals surface area (Å²) < 4.78 is 41.6. The number of rotatable bonds is 2. The summed E-state index contributed by atoms with van der Waals surface area (Å²) in [4.78, 5) is 10.4. The summed E-state index contributed by atoms with van der Waals surface area (Å²) in [7, 11) is 0. The molecule has 1 heterocycles. The Morgan fingerprint density at radius 3 is 2.20 bits per heavy atom. The fourth-order valence-electron chi connectivity index (χ4n) is 0.995. The van der Waals surface area contributed by atoms with E-state index in [1.165, 1.54) is 6.92 Å². The molecular formula is C8H7F3O4. The number of furan rings is 1. The largest absolute Gasteiger partial charge is 0.478 e. The smallest absolute Gasteiger partial charge is 0.435 e. The summed E-state index contributed by atoms with van der Waals surface area (Å²) in [5.41, 5.74) is -4.00. The number of aliphatic carboxylic acids is 1. The number of halogens is 3. The number of hydrogen-bond donors (Lipinski definition) is 2.